The van der Waals surface area contributed by atoms with Crippen LogP contribution < -0.4 is 5.32 Å². The van der Waals surface area contributed by atoms with Crippen molar-refractivity contribution >= 4 is 17.5 Å². The smallest absolute Gasteiger partial charge is 0.309 e. The maximum Gasteiger partial charge on any atom is 0.309 e. The highest BCUT2D eigenvalue weighted by Crippen LogP contribution is 2.32. The van der Waals surface area contributed by atoms with Crippen LogP contribution in [0.4, 0.5) is 0 Å². The number of hydrogen-bond acceptors (Lipinski definition) is 4. The molecule has 0 spiro atoms. The van der Waals surface area contributed by atoms with Crippen molar-refractivity contribution in [3.8, 4) is 0 Å². The molecule has 0 unspecified atom stereocenters. The zero-order valence-corrected chi connectivity index (χ0v) is 13.2. The standard InChI is InChI=1S/C17H21N3O3/c1-23-17(22)14-6-4-5-13(14)16(21)18-9-8-12-11-20-10-3-2-7-15(20)19-12/h2-3,7,10-11,13-14H,4-6,8-9H2,1H3,(H,18,21)/t13-,14+/m0/s1. The molecule has 0 bridgehead atoms. The Morgan fingerprint density at radius 1 is 1.35 bits per heavy atom. The van der Waals surface area contributed by atoms with Crippen molar-refractivity contribution in [2.45, 2.75) is 25.7 Å². The van der Waals surface area contributed by atoms with Crippen molar-refractivity contribution < 1.29 is 14.3 Å². The molecular formula is C17H21N3O3. The molecule has 1 saturated carbocycles. The predicted octanol–water partition coefficient (Wildman–Crippen LogP) is 1.58. The Morgan fingerprint density at radius 3 is 2.96 bits per heavy atom. The lowest BCUT2D eigenvalue weighted by Crippen LogP contribution is -2.36. The number of aromatic nitrogens is 2. The zero-order valence-electron chi connectivity index (χ0n) is 13.2. The molecule has 1 fully saturated rings. The van der Waals surface area contributed by atoms with Crippen LogP contribution in [0.1, 0.15) is 25.0 Å². The van der Waals surface area contributed by atoms with Crippen molar-refractivity contribution in [2.24, 2.45) is 11.8 Å². The van der Waals surface area contributed by atoms with Gasteiger partial charge in [0.15, 0.2) is 0 Å². The summed E-state index contributed by atoms with van der Waals surface area (Å²) in [5, 5.41) is 2.93. The van der Waals surface area contributed by atoms with Gasteiger partial charge in [-0.15, -0.1) is 0 Å². The lowest BCUT2D eigenvalue weighted by Gasteiger charge is -2.16. The number of imidazole rings is 1. The molecule has 0 radical (unpaired) electrons. The SMILES string of the molecule is COC(=O)[C@@H]1CCC[C@@H]1C(=O)NCCc1cn2ccccc2n1. The van der Waals surface area contributed by atoms with Gasteiger partial charge in [0, 0.05) is 25.4 Å². The van der Waals surface area contributed by atoms with Crippen molar-refractivity contribution in [1.29, 1.82) is 0 Å². The molecule has 2 aromatic rings. The summed E-state index contributed by atoms with van der Waals surface area (Å²) in [6.45, 7) is 0.521. The number of nitrogens with zero attached hydrogens (tertiary/aromatic N) is 2. The Kier molecular flexibility index (Phi) is 4.60. The number of hydrogen-bond donors (Lipinski definition) is 1. The zero-order chi connectivity index (χ0) is 16.2. The van der Waals surface area contributed by atoms with Crippen LogP contribution in [-0.2, 0) is 20.7 Å². The Balaban J connectivity index is 1.53. The van der Waals surface area contributed by atoms with Crippen LogP contribution >= 0.6 is 0 Å². The molecule has 122 valence electrons. The highest BCUT2D eigenvalue weighted by atomic mass is 16.5. The van der Waals surface area contributed by atoms with Crippen LogP contribution in [0.15, 0.2) is 30.6 Å². The van der Waals surface area contributed by atoms with Gasteiger partial charge in [-0.25, -0.2) is 4.98 Å². The Hall–Kier alpha value is -2.37. The van der Waals surface area contributed by atoms with E-state index >= 15 is 0 Å². The fourth-order valence-corrected chi connectivity index (χ4v) is 3.26. The minimum Gasteiger partial charge on any atom is -0.469 e. The van der Waals surface area contributed by atoms with E-state index in [1.165, 1.54) is 7.11 Å². The molecular weight excluding hydrogens is 294 g/mol. The van der Waals surface area contributed by atoms with Gasteiger partial charge >= 0.3 is 5.97 Å². The molecule has 6 nitrogen and oxygen atoms in total. The van der Waals surface area contributed by atoms with Crippen LogP contribution in [0.5, 0.6) is 0 Å². The summed E-state index contributed by atoms with van der Waals surface area (Å²) in [7, 11) is 1.37. The number of carbonyl (C=O) groups is 2. The third-order valence-electron chi connectivity index (χ3n) is 4.45. The molecule has 2 atom stereocenters. The summed E-state index contributed by atoms with van der Waals surface area (Å²) in [4.78, 5) is 28.5. The summed E-state index contributed by atoms with van der Waals surface area (Å²) in [6.07, 6.45) is 6.96. The molecule has 3 rings (SSSR count). The van der Waals surface area contributed by atoms with Crippen molar-refractivity contribution in [3.63, 3.8) is 0 Å². The molecule has 2 aromatic heterocycles. The summed E-state index contributed by atoms with van der Waals surface area (Å²) < 4.78 is 6.75. The number of amides is 1. The molecule has 1 N–H and O–H groups in total. The van der Waals surface area contributed by atoms with Crippen LogP contribution in [0.25, 0.3) is 5.65 Å². The summed E-state index contributed by atoms with van der Waals surface area (Å²) >= 11 is 0. The number of ether oxygens (including phenoxy) is 1. The van der Waals surface area contributed by atoms with Crippen molar-refractivity contribution in [3.05, 3.63) is 36.3 Å². The number of pyridine rings is 1. The van der Waals surface area contributed by atoms with Crippen LogP contribution in [0.3, 0.4) is 0 Å². The Bertz CT molecular complexity index is 677. The second kappa shape index (κ2) is 6.81. The highest BCUT2D eigenvalue weighted by Gasteiger charge is 2.38. The average molecular weight is 315 g/mol. The van der Waals surface area contributed by atoms with Crippen LogP contribution in [-0.4, -0.2) is 34.9 Å². The number of esters is 1. The first-order valence-electron chi connectivity index (χ1n) is 7.97. The van der Waals surface area contributed by atoms with E-state index in [9.17, 15) is 9.59 Å². The minimum absolute atomic E-state index is 0.0540. The van der Waals surface area contributed by atoms with Gasteiger partial charge in [0.05, 0.1) is 24.6 Å². The third kappa shape index (κ3) is 3.36. The maximum absolute atomic E-state index is 12.3. The maximum atomic E-state index is 12.3. The fourth-order valence-electron chi connectivity index (χ4n) is 3.26. The van der Waals surface area contributed by atoms with E-state index in [-0.39, 0.29) is 23.7 Å². The van der Waals surface area contributed by atoms with Crippen LogP contribution in [0, 0.1) is 11.8 Å². The number of methoxy groups -OCH3 is 1. The predicted molar refractivity (Wildman–Crippen MR) is 84.8 cm³/mol. The molecule has 2 heterocycles. The average Bonchev–Trinajstić information content (AvgIpc) is 3.20. The molecule has 0 aliphatic heterocycles. The first-order chi connectivity index (χ1) is 11.2. The van der Waals surface area contributed by atoms with E-state index in [1.807, 2.05) is 35.0 Å². The minimum atomic E-state index is -0.296. The monoisotopic (exact) mass is 315 g/mol. The lowest BCUT2D eigenvalue weighted by molar-refractivity contribution is -0.149. The van der Waals surface area contributed by atoms with Gasteiger partial charge in [-0.05, 0) is 25.0 Å². The molecule has 0 aromatic carbocycles. The second-order valence-corrected chi connectivity index (χ2v) is 5.91. The van der Waals surface area contributed by atoms with Gasteiger partial charge in [-0.3, -0.25) is 9.59 Å². The topological polar surface area (TPSA) is 72.7 Å². The van der Waals surface area contributed by atoms with Crippen molar-refractivity contribution in [1.82, 2.24) is 14.7 Å². The molecule has 23 heavy (non-hydrogen) atoms. The third-order valence-corrected chi connectivity index (χ3v) is 4.45. The van der Waals surface area contributed by atoms with E-state index in [1.54, 1.807) is 0 Å². The first-order valence-corrected chi connectivity index (χ1v) is 7.97. The number of carbonyl (C=O) groups excluding carboxylic acids is 2. The second-order valence-electron chi connectivity index (χ2n) is 5.91. The summed E-state index contributed by atoms with van der Waals surface area (Å²) in [5.74, 6) is -0.886. The van der Waals surface area contributed by atoms with Gasteiger partial charge in [-0.1, -0.05) is 12.5 Å². The Labute approximate surface area is 134 Å². The van der Waals surface area contributed by atoms with Gasteiger partial charge < -0.3 is 14.5 Å². The fraction of sp³-hybridized carbons (Fsp3) is 0.471. The molecule has 1 amide bonds. The quantitative estimate of drug-likeness (QED) is 0.850. The number of rotatable bonds is 5. The van der Waals surface area contributed by atoms with Gasteiger partial charge in [-0.2, -0.15) is 0 Å². The van der Waals surface area contributed by atoms with E-state index in [2.05, 4.69) is 10.3 Å². The summed E-state index contributed by atoms with van der Waals surface area (Å²) in [5.41, 5.74) is 1.84. The normalized spacial score (nSPS) is 20.6. The van der Waals surface area contributed by atoms with Gasteiger partial charge in [0.2, 0.25) is 5.91 Å². The molecule has 1 aliphatic carbocycles. The van der Waals surface area contributed by atoms with Gasteiger partial charge in [0.1, 0.15) is 5.65 Å². The summed E-state index contributed by atoms with van der Waals surface area (Å²) in [6, 6.07) is 5.84. The van der Waals surface area contributed by atoms with E-state index in [4.69, 9.17) is 4.74 Å². The van der Waals surface area contributed by atoms with E-state index in [0.29, 0.717) is 13.0 Å². The number of fused-ring (bicyclic) bond motifs is 1. The molecule has 0 saturated heterocycles. The molecule has 1 aliphatic rings. The largest absolute Gasteiger partial charge is 0.469 e. The van der Waals surface area contributed by atoms with Crippen molar-refractivity contribution in [2.75, 3.05) is 13.7 Å². The van der Waals surface area contributed by atoms with E-state index < -0.39 is 0 Å². The molecule has 6 heteroatoms. The highest BCUT2D eigenvalue weighted by molar-refractivity contribution is 5.85. The number of nitrogens with one attached hydrogen (secondary N) is 1. The van der Waals surface area contributed by atoms with Gasteiger partial charge in [0.25, 0.3) is 0 Å². The lowest BCUT2D eigenvalue weighted by atomic mass is 9.95. The van der Waals surface area contributed by atoms with E-state index in [0.717, 1.165) is 30.6 Å². The Morgan fingerprint density at radius 2 is 2.17 bits per heavy atom. The first kappa shape index (κ1) is 15.5. The van der Waals surface area contributed by atoms with Crippen LogP contribution in [0.2, 0.25) is 0 Å².